The number of hydrogen-bond donors (Lipinski definition) is 3. The molecule has 0 aromatic carbocycles. The van der Waals surface area contributed by atoms with Crippen LogP contribution in [0.15, 0.2) is 6.33 Å². The van der Waals surface area contributed by atoms with E-state index in [-0.39, 0.29) is 23.6 Å². The molecule has 5 atom stereocenters. The van der Waals surface area contributed by atoms with Crippen molar-refractivity contribution in [3.63, 3.8) is 0 Å². The first-order chi connectivity index (χ1) is 13.3. The average Bonchev–Trinajstić information content (AvgIpc) is 3.12. The van der Waals surface area contributed by atoms with Crippen LogP contribution in [0.2, 0.25) is 0 Å². The van der Waals surface area contributed by atoms with Gasteiger partial charge in [0.2, 0.25) is 0 Å². The van der Waals surface area contributed by atoms with E-state index in [2.05, 4.69) is 15.0 Å². The molecule has 0 amide bonds. The van der Waals surface area contributed by atoms with Gasteiger partial charge in [-0.3, -0.25) is 18.4 Å². The van der Waals surface area contributed by atoms with E-state index >= 15 is 0 Å². The lowest BCUT2D eigenvalue weighted by atomic mass is 10.1. The Morgan fingerprint density at radius 1 is 1.57 bits per heavy atom. The number of phosphoric acid groups is 1. The smallest absolute Gasteiger partial charge is 0.455 e. The van der Waals surface area contributed by atoms with Crippen LogP contribution in [0.5, 0.6) is 0 Å². The SMILES string of the molecule is CCCC(=O)OC1C2OP(=O)(O)OCC2OC1n1c(=S)[nH]c2c(N)ncnc21. The number of carbonyl (C=O) groups is 1. The van der Waals surface area contributed by atoms with Crippen LogP contribution < -0.4 is 5.73 Å². The molecule has 0 saturated carbocycles. The van der Waals surface area contributed by atoms with E-state index < -0.39 is 38.3 Å². The fourth-order valence-corrected chi connectivity index (χ4v) is 4.51. The Morgan fingerprint density at radius 3 is 3.11 bits per heavy atom. The Balaban J connectivity index is 1.78. The fourth-order valence-electron chi connectivity index (χ4n) is 3.26. The summed E-state index contributed by atoms with van der Waals surface area (Å²) in [4.78, 5) is 32.9. The third-order valence-corrected chi connectivity index (χ3v) is 5.74. The van der Waals surface area contributed by atoms with E-state index in [9.17, 15) is 14.3 Å². The summed E-state index contributed by atoms with van der Waals surface area (Å²) in [7, 11) is -4.28. The van der Waals surface area contributed by atoms with Gasteiger partial charge in [0.15, 0.2) is 28.6 Å². The number of nitrogen functional groups attached to an aromatic ring is 1. The molecule has 4 rings (SSSR count). The van der Waals surface area contributed by atoms with Gasteiger partial charge in [0.1, 0.15) is 24.1 Å². The van der Waals surface area contributed by atoms with E-state index in [4.69, 9.17) is 36.5 Å². The Hall–Kier alpha value is -1.89. The molecule has 28 heavy (non-hydrogen) atoms. The molecule has 2 aliphatic rings. The van der Waals surface area contributed by atoms with Crippen molar-refractivity contribution in [1.29, 1.82) is 0 Å². The number of hydrogen-bond acceptors (Lipinski definition) is 10. The number of esters is 1. The topological polar surface area (TPSA) is 164 Å². The van der Waals surface area contributed by atoms with Crippen LogP contribution >= 0.6 is 20.0 Å². The second kappa shape index (κ2) is 7.17. The highest BCUT2D eigenvalue weighted by atomic mass is 32.1. The van der Waals surface area contributed by atoms with Crippen molar-refractivity contribution < 1.29 is 32.8 Å². The Kier molecular flexibility index (Phi) is 4.98. The number of nitrogens with one attached hydrogen (secondary N) is 1. The van der Waals surface area contributed by atoms with Crippen LogP contribution in [0.1, 0.15) is 26.0 Å². The third-order valence-electron chi connectivity index (χ3n) is 4.45. The van der Waals surface area contributed by atoms with Gasteiger partial charge in [-0.15, -0.1) is 0 Å². The Bertz CT molecular complexity index is 1030. The van der Waals surface area contributed by atoms with Gasteiger partial charge in [-0.1, -0.05) is 6.92 Å². The number of ether oxygens (including phenoxy) is 2. The predicted molar refractivity (Wildman–Crippen MR) is 96.5 cm³/mol. The van der Waals surface area contributed by atoms with E-state index in [1.807, 2.05) is 6.92 Å². The summed E-state index contributed by atoms with van der Waals surface area (Å²) in [6, 6.07) is 0. The molecular weight excluding hydrogens is 413 g/mol. The summed E-state index contributed by atoms with van der Waals surface area (Å²) in [6.07, 6.45) is -1.76. The van der Waals surface area contributed by atoms with Gasteiger partial charge in [-0.2, -0.15) is 0 Å². The number of imidazole rings is 1. The lowest BCUT2D eigenvalue weighted by Crippen LogP contribution is -2.41. The fraction of sp³-hybridized carbons (Fsp3) is 0.571. The molecule has 0 spiro atoms. The highest BCUT2D eigenvalue weighted by Gasteiger charge is 2.55. The molecule has 0 radical (unpaired) electrons. The predicted octanol–water partition coefficient (Wildman–Crippen LogP) is 1.20. The number of rotatable bonds is 4. The molecule has 152 valence electrons. The molecular formula is C14H18N5O7PS. The molecule has 2 fully saturated rings. The van der Waals surface area contributed by atoms with Crippen LogP contribution in [0, 0.1) is 4.77 Å². The summed E-state index contributed by atoms with van der Waals surface area (Å²) in [5, 5.41) is 0. The monoisotopic (exact) mass is 431 g/mol. The molecule has 2 saturated heterocycles. The van der Waals surface area contributed by atoms with Crippen molar-refractivity contribution in [2.45, 2.75) is 44.3 Å². The summed E-state index contributed by atoms with van der Waals surface area (Å²) < 4.78 is 35.1. The maximum atomic E-state index is 12.2. The Labute approximate surface area is 163 Å². The summed E-state index contributed by atoms with van der Waals surface area (Å²) in [6.45, 7) is 1.62. The standard InChI is InChI=1S/C14H18N5O7PS/c1-2-3-7(20)25-10-9-6(4-23-27(21,22)26-9)24-13(10)19-12-8(18-14(19)28)11(15)16-5-17-12/h5-6,9-10,13H,2-4H2,1H3,(H,18,28)(H,21,22)(H2,15,16,17). The van der Waals surface area contributed by atoms with Gasteiger partial charge in [-0.25, -0.2) is 14.5 Å². The van der Waals surface area contributed by atoms with Crippen LogP contribution in [0.25, 0.3) is 11.2 Å². The number of carbonyl (C=O) groups excluding carboxylic acids is 1. The first-order valence-corrected chi connectivity index (χ1v) is 10.4. The van der Waals surface area contributed by atoms with Crippen molar-refractivity contribution in [3.05, 3.63) is 11.1 Å². The van der Waals surface area contributed by atoms with Crippen LogP contribution in [0.3, 0.4) is 0 Å². The molecule has 2 aliphatic heterocycles. The quantitative estimate of drug-likeness (QED) is 0.362. The number of aromatic amines is 1. The van der Waals surface area contributed by atoms with Gasteiger partial charge in [-0.05, 0) is 18.6 Å². The van der Waals surface area contributed by atoms with Gasteiger partial charge >= 0.3 is 13.8 Å². The lowest BCUT2D eigenvalue weighted by molar-refractivity contribution is -0.158. The van der Waals surface area contributed by atoms with Crippen molar-refractivity contribution in [2.75, 3.05) is 12.3 Å². The van der Waals surface area contributed by atoms with Crippen molar-refractivity contribution in [1.82, 2.24) is 19.5 Å². The number of anilines is 1. The number of H-pyrrole nitrogens is 1. The van der Waals surface area contributed by atoms with E-state index in [1.165, 1.54) is 10.9 Å². The normalized spacial score (nSPS) is 32.4. The summed E-state index contributed by atoms with van der Waals surface area (Å²) >= 11 is 5.36. The second-order valence-electron chi connectivity index (χ2n) is 6.36. The lowest BCUT2D eigenvalue weighted by Gasteiger charge is -2.29. The van der Waals surface area contributed by atoms with E-state index in [0.29, 0.717) is 17.6 Å². The minimum absolute atomic E-state index is 0.169. The zero-order valence-corrected chi connectivity index (χ0v) is 16.4. The number of nitrogens with two attached hydrogens (primary N) is 1. The van der Waals surface area contributed by atoms with Crippen LogP contribution in [-0.2, 0) is 27.9 Å². The van der Waals surface area contributed by atoms with Crippen LogP contribution in [-0.4, -0.2) is 55.3 Å². The molecule has 2 aromatic heterocycles. The second-order valence-corrected chi connectivity index (χ2v) is 8.15. The first-order valence-electron chi connectivity index (χ1n) is 8.52. The largest absolute Gasteiger partial charge is 0.472 e. The molecule has 0 aliphatic carbocycles. The molecule has 4 N–H and O–H groups in total. The van der Waals surface area contributed by atoms with Crippen molar-refractivity contribution >= 4 is 43.0 Å². The molecule has 4 heterocycles. The zero-order chi connectivity index (χ0) is 20.1. The number of fused-ring (bicyclic) bond motifs is 2. The maximum Gasteiger partial charge on any atom is 0.472 e. The molecule has 0 bridgehead atoms. The minimum Gasteiger partial charge on any atom is -0.455 e. The number of phosphoric ester groups is 1. The van der Waals surface area contributed by atoms with Gasteiger partial charge in [0.05, 0.1) is 6.61 Å². The highest BCUT2D eigenvalue weighted by Crippen LogP contribution is 2.53. The molecule has 14 heteroatoms. The summed E-state index contributed by atoms with van der Waals surface area (Å²) in [5.74, 6) is -0.311. The number of nitrogens with zero attached hydrogens (tertiary/aromatic N) is 3. The molecule has 5 unspecified atom stereocenters. The van der Waals surface area contributed by atoms with Gasteiger partial charge in [0, 0.05) is 6.42 Å². The zero-order valence-electron chi connectivity index (χ0n) is 14.7. The summed E-state index contributed by atoms with van der Waals surface area (Å²) in [5.41, 5.74) is 6.60. The van der Waals surface area contributed by atoms with E-state index in [1.54, 1.807) is 0 Å². The van der Waals surface area contributed by atoms with E-state index in [0.717, 1.165) is 0 Å². The van der Waals surface area contributed by atoms with Gasteiger partial charge < -0.3 is 25.1 Å². The maximum absolute atomic E-state index is 12.2. The van der Waals surface area contributed by atoms with Gasteiger partial charge in [0.25, 0.3) is 0 Å². The number of aromatic nitrogens is 4. The molecule has 2 aromatic rings. The first kappa shape index (κ1) is 19.4. The van der Waals surface area contributed by atoms with Crippen molar-refractivity contribution in [3.8, 4) is 0 Å². The average molecular weight is 431 g/mol. The highest BCUT2D eigenvalue weighted by molar-refractivity contribution is 7.71. The van der Waals surface area contributed by atoms with Crippen LogP contribution in [0.4, 0.5) is 5.82 Å². The Morgan fingerprint density at radius 2 is 2.36 bits per heavy atom. The van der Waals surface area contributed by atoms with Crippen molar-refractivity contribution in [2.24, 2.45) is 0 Å². The molecule has 12 nitrogen and oxygen atoms in total. The third kappa shape index (κ3) is 3.34. The minimum atomic E-state index is -4.28.